The van der Waals surface area contributed by atoms with Crippen LogP contribution in [0, 0.1) is 5.41 Å². The predicted molar refractivity (Wildman–Crippen MR) is 67.0 cm³/mol. The topological polar surface area (TPSA) is 66.5 Å². The molecule has 100 valence electrons. The summed E-state index contributed by atoms with van der Waals surface area (Å²) in [4.78, 5) is 13.9. The van der Waals surface area contributed by atoms with Gasteiger partial charge in [0.05, 0.1) is 12.3 Å². The molecule has 0 radical (unpaired) electrons. The standard InChI is InChI=1S/C11H22N2O3S/c1-11(2,3)8-13-7-5-6-9(13)10(14)12-17(4,15)16/h9H,5-8H2,1-4H3,(H,12,14). The molecule has 0 saturated carbocycles. The van der Waals surface area contributed by atoms with Crippen LogP contribution in [0.5, 0.6) is 0 Å². The molecule has 6 heteroatoms. The Labute approximate surface area is 104 Å². The molecule has 1 amide bonds. The van der Waals surface area contributed by atoms with Crippen LogP contribution in [0.2, 0.25) is 0 Å². The molecule has 0 bridgehead atoms. The first-order valence-corrected chi connectivity index (χ1v) is 7.73. The van der Waals surface area contributed by atoms with Gasteiger partial charge in [-0.05, 0) is 24.8 Å². The minimum atomic E-state index is -3.45. The van der Waals surface area contributed by atoms with Crippen LogP contribution < -0.4 is 4.72 Å². The van der Waals surface area contributed by atoms with Crippen LogP contribution in [0.4, 0.5) is 0 Å². The second kappa shape index (κ2) is 4.94. The molecule has 0 aromatic heterocycles. The van der Waals surface area contributed by atoms with Gasteiger partial charge < -0.3 is 0 Å². The van der Waals surface area contributed by atoms with E-state index in [-0.39, 0.29) is 11.5 Å². The minimum Gasteiger partial charge on any atom is -0.291 e. The highest BCUT2D eigenvalue weighted by atomic mass is 32.2. The summed E-state index contributed by atoms with van der Waals surface area (Å²) in [7, 11) is -3.45. The Morgan fingerprint density at radius 1 is 1.41 bits per heavy atom. The molecule has 1 N–H and O–H groups in total. The van der Waals surface area contributed by atoms with Crippen LogP contribution in [0.25, 0.3) is 0 Å². The maximum Gasteiger partial charge on any atom is 0.250 e. The lowest BCUT2D eigenvalue weighted by Gasteiger charge is -2.30. The summed E-state index contributed by atoms with van der Waals surface area (Å²) in [5.41, 5.74) is 0.105. The Morgan fingerprint density at radius 2 is 2.00 bits per heavy atom. The van der Waals surface area contributed by atoms with Gasteiger partial charge in [0, 0.05) is 6.54 Å². The molecule has 1 atom stereocenters. The largest absolute Gasteiger partial charge is 0.291 e. The van der Waals surface area contributed by atoms with E-state index in [1.165, 1.54) is 0 Å². The highest BCUT2D eigenvalue weighted by Gasteiger charge is 2.33. The number of amides is 1. The SMILES string of the molecule is CC(C)(C)CN1CCCC1C(=O)NS(C)(=O)=O. The van der Waals surface area contributed by atoms with E-state index in [1.54, 1.807) is 0 Å². The molecule has 1 aliphatic rings. The molecule has 1 aliphatic heterocycles. The first-order chi connectivity index (χ1) is 7.58. The van der Waals surface area contributed by atoms with Crippen molar-refractivity contribution in [3.8, 4) is 0 Å². The van der Waals surface area contributed by atoms with E-state index in [9.17, 15) is 13.2 Å². The molecule has 1 unspecified atom stereocenters. The lowest BCUT2D eigenvalue weighted by molar-refractivity contribution is -0.123. The highest BCUT2D eigenvalue weighted by molar-refractivity contribution is 7.89. The number of carbonyl (C=O) groups is 1. The number of rotatable bonds is 3. The van der Waals surface area contributed by atoms with Crippen LogP contribution in [-0.4, -0.2) is 44.6 Å². The normalized spacial score (nSPS) is 22.7. The van der Waals surface area contributed by atoms with Crippen molar-refractivity contribution in [1.29, 1.82) is 0 Å². The summed E-state index contributed by atoms with van der Waals surface area (Å²) in [5, 5.41) is 0. The van der Waals surface area contributed by atoms with E-state index in [2.05, 4.69) is 30.4 Å². The highest BCUT2D eigenvalue weighted by Crippen LogP contribution is 2.23. The number of hydrogen-bond acceptors (Lipinski definition) is 4. The maximum absolute atomic E-state index is 11.8. The second-order valence-corrected chi connectivity index (χ2v) is 7.68. The van der Waals surface area contributed by atoms with Gasteiger partial charge in [0.1, 0.15) is 0 Å². The van der Waals surface area contributed by atoms with Crippen LogP contribution >= 0.6 is 0 Å². The lowest BCUT2D eigenvalue weighted by Crippen LogP contribution is -2.47. The fourth-order valence-corrected chi connectivity index (χ4v) is 2.67. The van der Waals surface area contributed by atoms with Crippen molar-refractivity contribution in [3.05, 3.63) is 0 Å². The summed E-state index contributed by atoms with van der Waals surface area (Å²) >= 11 is 0. The third kappa shape index (κ3) is 5.04. The third-order valence-corrected chi connectivity index (χ3v) is 3.20. The molecular formula is C11H22N2O3S. The monoisotopic (exact) mass is 262 g/mol. The number of nitrogens with zero attached hydrogens (tertiary/aromatic N) is 1. The van der Waals surface area contributed by atoms with E-state index in [4.69, 9.17) is 0 Å². The smallest absolute Gasteiger partial charge is 0.250 e. The second-order valence-electron chi connectivity index (χ2n) is 5.93. The van der Waals surface area contributed by atoms with Crippen LogP contribution in [0.3, 0.4) is 0 Å². The number of likely N-dealkylation sites (tertiary alicyclic amines) is 1. The first-order valence-electron chi connectivity index (χ1n) is 5.84. The van der Waals surface area contributed by atoms with Crippen molar-refractivity contribution in [2.45, 2.75) is 39.7 Å². The van der Waals surface area contributed by atoms with Gasteiger partial charge in [0.2, 0.25) is 10.0 Å². The molecule has 0 aliphatic carbocycles. The van der Waals surface area contributed by atoms with Crippen molar-refractivity contribution < 1.29 is 13.2 Å². The van der Waals surface area contributed by atoms with Gasteiger partial charge in [0.25, 0.3) is 5.91 Å². The Balaban J connectivity index is 2.66. The zero-order valence-corrected chi connectivity index (χ0v) is 11.8. The summed E-state index contributed by atoms with van der Waals surface area (Å²) in [6.45, 7) is 7.98. The summed E-state index contributed by atoms with van der Waals surface area (Å²) in [6.07, 6.45) is 2.68. The number of hydrogen-bond donors (Lipinski definition) is 1. The molecule has 17 heavy (non-hydrogen) atoms. The molecular weight excluding hydrogens is 240 g/mol. The van der Waals surface area contributed by atoms with Gasteiger partial charge >= 0.3 is 0 Å². The molecule has 0 spiro atoms. The number of sulfonamides is 1. The third-order valence-electron chi connectivity index (χ3n) is 2.63. The number of carbonyl (C=O) groups excluding carboxylic acids is 1. The number of nitrogens with one attached hydrogen (secondary N) is 1. The lowest BCUT2D eigenvalue weighted by atomic mass is 9.95. The Hall–Kier alpha value is -0.620. The van der Waals surface area contributed by atoms with Crippen molar-refractivity contribution in [3.63, 3.8) is 0 Å². The van der Waals surface area contributed by atoms with Gasteiger partial charge in [0.15, 0.2) is 0 Å². The van der Waals surface area contributed by atoms with Crippen LogP contribution in [0.15, 0.2) is 0 Å². The fourth-order valence-electron chi connectivity index (χ4n) is 2.17. The van der Waals surface area contributed by atoms with Gasteiger partial charge in [-0.3, -0.25) is 14.4 Å². The Morgan fingerprint density at radius 3 is 2.47 bits per heavy atom. The molecule has 0 aromatic rings. The average Bonchev–Trinajstić information content (AvgIpc) is 2.45. The minimum absolute atomic E-state index is 0.105. The van der Waals surface area contributed by atoms with Crippen LogP contribution in [-0.2, 0) is 14.8 Å². The van der Waals surface area contributed by atoms with Gasteiger partial charge in [-0.15, -0.1) is 0 Å². The molecule has 0 aromatic carbocycles. The Bertz CT molecular complexity index is 384. The van der Waals surface area contributed by atoms with E-state index in [0.29, 0.717) is 0 Å². The summed E-state index contributed by atoms with van der Waals surface area (Å²) in [6, 6.07) is -0.302. The van der Waals surface area contributed by atoms with Crippen molar-refractivity contribution >= 4 is 15.9 Å². The molecule has 5 nitrogen and oxygen atoms in total. The van der Waals surface area contributed by atoms with Crippen molar-refractivity contribution in [2.75, 3.05) is 19.3 Å². The summed E-state index contributed by atoms with van der Waals surface area (Å²) in [5.74, 6) is -0.394. The van der Waals surface area contributed by atoms with E-state index >= 15 is 0 Å². The van der Waals surface area contributed by atoms with Crippen molar-refractivity contribution in [1.82, 2.24) is 9.62 Å². The Kier molecular flexibility index (Phi) is 4.19. The summed E-state index contributed by atoms with van der Waals surface area (Å²) < 4.78 is 24.1. The zero-order valence-electron chi connectivity index (χ0n) is 11.0. The maximum atomic E-state index is 11.8. The van der Waals surface area contributed by atoms with Gasteiger partial charge in [-0.25, -0.2) is 8.42 Å². The fraction of sp³-hybridized carbons (Fsp3) is 0.909. The van der Waals surface area contributed by atoms with Gasteiger partial charge in [-0.2, -0.15) is 0 Å². The van der Waals surface area contributed by atoms with E-state index in [1.807, 2.05) is 0 Å². The molecule has 1 heterocycles. The zero-order chi connectivity index (χ0) is 13.3. The van der Waals surface area contributed by atoms with Crippen molar-refractivity contribution in [2.24, 2.45) is 5.41 Å². The predicted octanol–water partition coefficient (Wildman–Crippen LogP) is 0.573. The molecule has 1 saturated heterocycles. The average molecular weight is 262 g/mol. The van der Waals surface area contributed by atoms with E-state index < -0.39 is 15.9 Å². The van der Waals surface area contributed by atoms with Gasteiger partial charge in [-0.1, -0.05) is 20.8 Å². The van der Waals surface area contributed by atoms with Crippen LogP contribution in [0.1, 0.15) is 33.6 Å². The molecule has 1 rings (SSSR count). The van der Waals surface area contributed by atoms with E-state index in [0.717, 1.165) is 32.2 Å². The molecule has 1 fully saturated rings. The quantitative estimate of drug-likeness (QED) is 0.807. The first kappa shape index (κ1) is 14.4.